The molecule has 5 heteroatoms. The summed E-state index contributed by atoms with van der Waals surface area (Å²) in [6.45, 7) is 0. The third-order valence-electron chi connectivity index (χ3n) is 4.39. The van der Waals surface area contributed by atoms with Gasteiger partial charge in [-0.3, -0.25) is 4.79 Å². The van der Waals surface area contributed by atoms with Crippen molar-refractivity contribution in [1.82, 2.24) is 4.98 Å². The number of hydrogen-bond acceptors (Lipinski definition) is 3. The van der Waals surface area contributed by atoms with E-state index in [0.29, 0.717) is 5.57 Å². The fraction of sp³-hybridized carbons (Fsp3) is 0.150. The highest BCUT2D eigenvalue weighted by atomic mass is 32.1. The minimum atomic E-state index is -0.0889. The van der Waals surface area contributed by atoms with Crippen LogP contribution in [0.5, 0.6) is 0 Å². The van der Waals surface area contributed by atoms with Gasteiger partial charge in [0, 0.05) is 36.1 Å². The fourth-order valence-electron chi connectivity index (χ4n) is 3.18. The monoisotopic (exact) mass is 349 g/mol. The van der Waals surface area contributed by atoms with Crippen molar-refractivity contribution in [1.29, 1.82) is 0 Å². The highest BCUT2D eigenvalue weighted by Gasteiger charge is 2.17. The molecule has 0 saturated carbocycles. The molecule has 0 aliphatic heterocycles. The second-order valence-electron chi connectivity index (χ2n) is 6.28. The van der Waals surface area contributed by atoms with Crippen LogP contribution in [0.2, 0.25) is 0 Å². The zero-order chi connectivity index (χ0) is 17.4. The van der Waals surface area contributed by atoms with Crippen molar-refractivity contribution in [2.24, 2.45) is 0 Å². The van der Waals surface area contributed by atoms with Gasteiger partial charge in [0.25, 0.3) is 5.91 Å². The third-order valence-corrected chi connectivity index (χ3v) is 5.08. The number of aromatic nitrogens is 1. The molecule has 3 aromatic rings. The van der Waals surface area contributed by atoms with E-state index in [4.69, 9.17) is 0 Å². The van der Waals surface area contributed by atoms with Gasteiger partial charge in [0.15, 0.2) is 0 Å². The number of thiophene rings is 1. The minimum Gasteiger partial charge on any atom is -0.376 e. The van der Waals surface area contributed by atoms with Crippen molar-refractivity contribution in [3.63, 3.8) is 0 Å². The number of nitrogens with zero attached hydrogens (tertiary/aromatic N) is 1. The first-order valence-corrected chi connectivity index (χ1v) is 9.10. The zero-order valence-corrected chi connectivity index (χ0v) is 15.0. The van der Waals surface area contributed by atoms with Gasteiger partial charge in [-0.1, -0.05) is 24.3 Å². The largest absolute Gasteiger partial charge is 0.376 e. The Balaban J connectivity index is 1.76. The van der Waals surface area contributed by atoms with Crippen LogP contribution in [0.25, 0.3) is 17.0 Å². The van der Waals surface area contributed by atoms with Crippen LogP contribution < -0.4 is 10.2 Å². The van der Waals surface area contributed by atoms with Gasteiger partial charge in [-0.25, -0.2) is 0 Å². The van der Waals surface area contributed by atoms with E-state index in [1.807, 2.05) is 43.1 Å². The Morgan fingerprint density at radius 3 is 2.92 bits per heavy atom. The first-order chi connectivity index (χ1) is 12.1. The number of carbonyl (C=O) groups is 1. The molecule has 4 rings (SSSR count). The molecule has 0 atom stereocenters. The lowest BCUT2D eigenvalue weighted by Gasteiger charge is -2.13. The average Bonchev–Trinajstić information content (AvgIpc) is 3.16. The number of benzene rings is 1. The lowest BCUT2D eigenvalue weighted by atomic mass is 10.1. The molecule has 4 nitrogen and oxygen atoms in total. The highest BCUT2D eigenvalue weighted by molar-refractivity contribution is 7.08. The van der Waals surface area contributed by atoms with Crippen molar-refractivity contribution in [2.45, 2.75) is 6.42 Å². The molecule has 0 unspecified atom stereocenters. The molecule has 25 heavy (non-hydrogen) atoms. The Labute approximate surface area is 150 Å². The Kier molecular flexibility index (Phi) is 3.93. The molecule has 0 bridgehead atoms. The quantitative estimate of drug-likeness (QED) is 0.735. The third kappa shape index (κ3) is 2.87. The Hall–Kier alpha value is -2.79. The van der Waals surface area contributed by atoms with Crippen molar-refractivity contribution in [3.05, 3.63) is 64.0 Å². The predicted octanol–water partition coefficient (Wildman–Crippen LogP) is 4.43. The van der Waals surface area contributed by atoms with Gasteiger partial charge < -0.3 is 15.2 Å². The van der Waals surface area contributed by atoms with Gasteiger partial charge in [0.2, 0.25) is 0 Å². The number of anilines is 2. The first-order valence-electron chi connectivity index (χ1n) is 8.16. The molecular weight excluding hydrogens is 330 g/mol. The average molecular weight is 349 g/mol. The number of para-hydroxylation sites is 1. The predicted molar refractivity (Wildman–Crippen MR) is 106 cm³/mol. The smallest absolute Gasteiger partial charge is 0.255 e. The van der Waals surface area contributed by atoms with Crippen molar-refractivity contribution in [3.8, 4) is 0 Å². The van der Waals surface area contributed by atoms with Crippen LogP contribution >= 0.6 is 11.3 Å². The maximum atomic E-state index is 12.6. The van der Waals surface area contributed by atoms with Crippen LogP contribution in [0.1, 0.15) is 11.3 Å². The molecule has 1 amide bonds. The van der Waals surface area contributed by atoms with E-state index < -0.39 is 0 Å². The summed E-state index contributed by atoms with van der Waals surface area (Å²) < 4.78 is 0. The summed E-state index contributed by atoms with van der Waals surface area (Å²) in [6, 6.07) is 8.22. The molecule has 0 fully saturated rings. The number of allylic oxidation sites excluding steroid dienone is 1. The molecule has 1 aromatic carbocycles. The van der Waals surface area contributed by atoms with E-state index in [0.717, 1.165) is 29.0 Å². The van der Waals surface area contributed by atoms with E-state index >= 15 is 0 Å². The van der Waals surface area contributed by atoms with Crippen molar-refractivity contribution in [2.75, 3.05) is 24.3 Å². The lowest BCUT2D eigenvalue weighted by molar-refractivity contribution is -0.112. The Morgan fingerprint density at radius 1 is 1.28 bits per heavy atom. The van der Waals surface area contributed by atoms with Crippen LogP contribution in [0.15, 0.2) is 52.8 Å². The van der Waals surface area contributed by atoms with Crippen molar-refractivity contribution >= 4 is 45.6 Å². The van der Waals surface area contributed by atoms with Gasteiger partial charge in [-0.05, 0) is 35.6 Å². The van der Waals surface area contributed by atoms with Crippen LogP contribution in [0.4, 0.5) is 11.4 Å². The molecule has 1 aliphatic rings. The zero-order valence-electron chi connectivity index (χ0n) is 14.2. The molecule has 2 N–H and O–H groups in total. The number of hydrogen-bond donors (Lipinski definition) is 2. The Bertz CT molecular complexity index is 994. The van der Waals surface area contributed by atoms with E-state index in [1.54, 1.807) is 11.3 Å². The standard InChI is InChI=1S/C20H19N3OS/c1-23(2)18-8-4-7-16-15-6-3-5-13(11-17(15)22-19(16)18)20(24)21-14-9-10-25-12-14/h3-5,7-12,22H,6H2,1-2H3,(H,21,24). The van der Waals surface area contributed by atoms with Gasteiger partial charge in [0.1, 0.15) is 0 Å². The number of carbonyl (C=O) groups excluding carboxylic acids is 1. The van der Waals surface area contributed by atoms with E-state index in [2.05, 4.69) is 39.5 Å². The molecule has 1 aliphatic carbocycles. The maximum Gasteiger partial charge on any atom is 0.255 e. The first kappa shape index (κ1) is 15.7. The molecule has 0 saturated heterocycles. The minimum absolute atomic E-state index is 0.0889. The Morgan fingerprint density at radius 2 is 2.16 bits per heavy atom. The van der Waals surface area contributed by atoms with Crippen LogP contribution in [0.3, 0.4) is 0 Å². The number of fused-ring (bicyclic) bond motifs is 3. The number of nitrogens with one attached hydrogen (secondary N) is 2. The molecular formula is C20H19N3OS. The second kappa shape index (κ2) is 6.26. The van der Waals surface area contributed by atoms with Crippen LogP contribution in [0, 0.1) is 0 Å². The van der Waals surface area contributed by atoms with Gasteiger partial charge in [0.05, 0.1) is 16.9 Å². The number of H-pyrrole nitrogens is 1. The van der Waals surface area contributed by atoms with Crippen LogP contribution in [-0.2, 0) is 11.2 Å². The summed E-state index contributed by atoms with van der Waals surface area (Å²) in [5, 5.41) is 8.03. The van der Waals surface area contributed by atoms with E-state index in [1.165, 1.54) is 10.9 Å². The summed E-state index contributed by atoms with van der Waals surface area (Å²) in [5.74, 6) is -0.0889. The van der Waals surface area contributed by atoms with E-state index in [-0.39, 0.29) is 5.91 Å². The summed E-state index contributed by atoms with van der Waals surface area (Å²) in [7, 11) is 4.08. The lowest BCUT2D eigenvalue weighted by Crippen LogP contribution is -2.12. The van der Waals surface area contributed by atoms with Crippen LogP contribution in [-0.4, -0.2) is 25.0 Å². The molecule has 0 radical (unpaired) electrons. The summed E-state index contributed by atoms with van der Waals surface area (Å²) in [4.78, 5) is 18.2. The topological polar surface area (TPSA) is 48.1 Å². The van der Waals surface area contributed by atoms with Gasteiger partial charge in [-0.15, -0.1) is 0 Å². The normalized spacial score (nSPS) is 13.3. The summed E-state index contributed by atoms with van der Waals surface area (Å²) >= 11 is 1.57. The summed E-state index contributed by atoms with van der Waals surface area (Å²) in [6.07, 6.45) is 6.70. The van der Waals surface area contributed by atoms with Gasteiger partial charge in [-0.2, -0.15) is 11.3 Å². The van der Waals surface area contributed by atoms with Crippen molar-refractivity contribution < 1.29 is 4.79 Å². The number of aromatic amines is 1. The SMILES string of the molecule is CN(C)c1cccc2c3c([nH]c12)C=C(C(=O)Nc1ccsc1)C=CC3. The molecule has 0 spiro atoms. The highest BCUT2D eigenvalue weighted by Crippen LogP contribution is 2.32. The van der Waals surface area contributed by atoms with Gasteiger partial charge >= 0.3 is 0 Å². The molecule has 126 valence electrons. The number of rotatable bonds is 3. The maximum absolute atomic E-state index is 12.6. The second-order valence-corrected chi connectivity index (χ2v) is 7.06. The number of amides is 1. The van der Waals surface area contributed by atoms with E-state index in [9.17, 15) is 4.79 Å². The molecule has 2 aromatic heterocycles. The fourth-order valence-corrected chi connectivity index (χ4v) is 3.77. The summed E-state index contributed by atoms with van der Waals surface area (Å²) in [5.41, 5.74) is 5.98. The molecule has 2 heterocycles.